The van der Waals surface area contributed by atoms with Gasteiger partial charge in [-0.1, -0.05) is 0 Å². The first-order chi connectivity index (χ1) is 3.31. The van der Waals surface area contributed by atoms with Gasteiger partial charge in [-0.15, -0.1) is 0 Å². The Kier molecular flexibility index (Phi) is 4.06. The fourth-order valence-electron chi connectivity index (χ4n) is 0.164. The zero-order valence-electron chi connectivity index (χ0n) is 4.47. The summed E-state index contributed by atoms with van der Waals surface area (Å²) in [5, 5.41) is 0. The number of rotatable bonds is 2. The zero-order chi connectivity index (χ0) is 5.70. The summed E-state index contributed by atoms with van der Waals surface area (Å²) < 4.78 is 1.20. The fourth-order valence-corrected chi connectivity index (χ4v) is 0.566. The normalized spacial score (nSPS) is 11.4. The van der Waals surface area contributed by atoms with Gasteiger partial charge in [-0.3, -0.25) is 0 Å². The summed E-state index contributed by atoms with van der Waals surface area (Å²) in [5.74, 6) is 2.09. The van der Waals surface area contributed by atoms with Crippen molar-refractivity contribution in [1.29, 1.82) is 0 Å². The van der Waals surface area contributed by atoms with Crippen LogP contribution in [0.15, 0.2) is 10.5 Å². The Balaban J connectivity index is 3.49. The van der Waals surface area contributed by atoms with Crippen molar-refractivity contribution >= 4 is 21.2 Å². The van der Waals surface area contributed by atoms with Crippen molar-refractivity contribution < 1.29 is 4.79 Å². The molecular formula is C5H8OSe. The van der Waals surface area contributed by atoms with Crippen LogP contribution in [0.4, 0.5) is 0 Å². The SMILES string of the molecule is C[Se]/C(C)=C/C=O. The van der Waals surface area contributed by atoms with Crippen LogP contribution in [0.3, 0.4) is 0 Å². The standard InChI is InChI=1S/C5H8OSe/c1-5(7-2)3-4-6/h3-4H,1-2H3/b5-3+. The molecule has 40 valence electrons. The van der Waals surface area contributed by atoms with E-state index in [4.69, 9.17) is 0 Å². The van der Waals surface area contributed by atoms with E-state index >= 15 is 0 Å². The molecule has 0 aliphatic rings. The summed E-state index contributed by atoms with van der Waals surface area (Å²) in [6, 6.07) is 0. The molecular weight excluding hydrogens is 155 g/mol. The van der Waals surface area contributed by atoms with Crippen LogP contribution >= 0.6 is 0 Å². The molecule has 0 aromatic carbocycles. The van der Waals surface area contributed by atoms with Gasteiger partial charge in [0.15, 0.2) is 0 Å². The molecule has 0 saturated heterocycles. The second-order valence-electron chi connectivity index (χ2n) is 1.12. The molecule has 0 unspecified atom stereocenters. The van der Waals surface area contributed by atoms with E-state index in [0.29, 0.717) is 15.0 Å². The molecule has 0 radical (unpaired) electrons. The van der Waals surface area contributed by atoms with Crippen LogP contribution in [-0.2, 0) is 4.79 Å². The summed E-state index contributed by atoms with van der Waals surface area (Å²) in [5.41, 5.74) is 0. The minimum absolute atomic E-state index is 0.515. The van der Waals surface area contributed by atoms with Gasteiger partial charge in [-0.25, -0.2) is 0 Å². The van der Waals surface area contributed by atoms with Crippen molar-refractivity contribution in [2.45, 2.75) is 12.7 Å². The summed E-state index contributed by atoms with van der Waals surface area (Å²) in [4.78, 5) is 9.71. The van der Waals surface area contributed by atoms with Crippen LogP contribution < -0.4 is 0 Å². The molecule has 1 nitrogen and oxygen atoms in total. The second-order valence-corrected chi connectivity index (χ2v) is 3.33. The monoisotopic (exact) mass is 164 g/mol. The topological polar surface area (TPSA) is 17.1 Å². The molecule has 0 bridgehead atoms. The predicted octanol–water partition coefficient (Wildman–Crippen LogP) is 0.841. The molecule has 2 heteroatoms. The zero-order valence-corrected chi connectivity index (χ0v) is 6.18. The third-order valence-electron chi connectivity index (χ3n) is 0.625. The first kappa shape index (κ1) is 6.93. The van der Waals surface area contributed by atoms with E-state index in [1.165, 1.54) is 4.47 Å². The van der Waals surface area contributed by atoms with Crippen LogP contribution in [0.1, 0.15) is 6.92 Å². The van der Waals surface area contributed by atoms with E-state index in [0.717, 1.165) is 6.29 Å². The van der Waals surface area contributed by atoms with Gasteiger partial charge in [0.2, 0.25) is 0 Å². The van der Waals surface area contributed by atoms with Crippen LogP contribution in [0.2, 0.25) is 5.82 Å². The third kappa shape index (κ3) is 3.77. The maximum atomic E-state index is 9.71. The molecule has 0 heterocycles. The van der Waals surface area contributed by atoms with Gasteiger partial charge in [0, 0.05) is 0 Å². The van der Waals surface area contributed by atoms with E-state index in [-0.39, 0.29) is 0 Å². The Morgan fingerprint density at radius 2 is 2.29 bits per heavy atom. The molecule has 0 spiro atoms. The van der Waals surface area contributed by atoms with Gasteiger partial charge in [-0.05, 0) is 0 Å². The molecule has 7 heavy (non-hydrogen) atoms. The Morgan fingerprint density at radius 3 is 2.43 bits per heavy atom. The summed E-state index contributed by atoms with van der Waals surface area (Å²) in [6.07, 6.45) is 2.45. The van der Waals surface area contributed by atoms with Gasteiger partial charge < -0.3 is 0 Å². The van der Waals surface area contributed by atoms with Gasteiger partial charge >= 0.3 is 49.3 Å². The van der Waals surface area contributed by atoms with Crippen LogP contribution in [0.25, 0.3) is 0 Å². The minimum atomic E-state index is 0.515. The van der Waals surface area contributed by atoms with E-state index < -0.39 is 0 Å². The molecule has 0 aliphatic heterocycles. The Hall–Kier alpha value is -0.0705. The van der Waals surface area contributed by atoms with Gasteiger partial charge in [0.1, 0.15) is 0 Å². The Labute approximate surface area is 50.0 Å². The van der Waals surface area contributed by atoms with Gasteiger partial charge in [0.25, 0.3) is 0 Å². The summed E-state index contributed by atoms with van der Waals surface area (Å²) in [6.45, 7) is 1.97. The summed E-state index contributed by atoms with van der Waals surface area (Å²) in [7, 11) is 0. The van der Waals surface area contributed by atoms with E-state index in [1.807, 2.05) is 6.92 Å². The molecule has 0 atom stereocenters. The van der Waals surface area contributed by atoms with Crippen molar-refractivity contribution in [3.05, 3.63) is 10.5 Å². The fraction of sp³-hybridized carbons (Fsp3) is 0.400. The van der Waals surface area contributed by atoms with E-state index in [2.05, 4.69) is 5.82 Å². The molecule has 0 aliphatic carbocycles. The first-order valence-corrected chi connectivity index (χ1v) is 4.54. The van der Waals surface area contributed by atoms with Gasteiger partial charge in [0.05, 0.1) is 0 Å². The number of allylic oxidation sites excluding steroid dienone is 2. The molecule has 0 aromatic heterocycles. The number of carbonyl (C=O) groups excluding carboxylic acids is 1. The molecule has 0 aromatic rings. The Bertz CT molecular complexity index is 86.1. The molecule has 0 amide bonds. The average molecular weight is 163 g/mol. The van der Waals surface area contributed by atoms with Crippen molar-refractivity contribution in [1.82, 2.24) is 0 Å². The predicted molar refractivity (Wildman–Crippen MR) is 31.4 cm³/mol. The van der Waals surface area contributed by atoms with Crippen LogP contribution in [0.5, 0.6) is 0 Å². The summed E-state index contributed by atoms with van der Waals surface area (Å²) >= 11 is 0.515. The average Bonchev–Trinajstić information content (AvgIpc) is 1.68. The molecule has 0 saturated carbocycles. The van der Waals surface area contributed by atoms with Crippen LogP contribution in [-0.4, -0.2) is 21.2 Å². The second kappa shape index (κ2) is 4.10. The third-order valence-corrected chi connectivity index (χ3v) is 2.26. The maximum absolute atomic E-state index is 9.71. The van der Waals surface area contributed by atoms with Crippen molar-refractivity contribution in [3.8, 4) is 0 Å². The quantitative estimate of drug-likeness (QED) is 0.335. The first-order valence-electron chi connectivity index (χ1n) is 1.97. The van der Waals surface area contributed by atoms with Gasteiger partial charge in [-0.2, -0.15) is 0 Å². The molecule has 0 fully saturated rings. The number of carbonyl (C=O) groups is 1. The van der Waals surface area contributed by atoms with Crippen molar-refractivity contribution in [2.24, 2.45) is 0 Å². The Morgan fingerprint density at radius 1 is 1.71 bits per heavy atom. The molecule has 0 rings (SSSR count). The van der Waals surface area contributed by atoms with E-state index in [1.54, 1.807) is 6.08 Å². The van der Waals surface area contributed by atoms with Crippen LogP contribution in [0, 0.1) is 0 Å². The molecule has 0 N–H and O–H groups in total. The number of hydrogen-bond acceptors (Lipinski definition) is 1. The van der Waals surface area contributed by atoms with Crippen molar-refractivity contribution in [3.63, 3.8) is 0 Å². The van der Waals surface area contributed by atoms with Crippen molar-refractivity contribution in [2.75, 3.05) is 0 Å². The number of aldehydes is 1. The van der Waals surface area contributed by atoms with E-state index in [9.17, 15) is 4.79 Å². The number of hydrogen-bond donors (Lipinski definition) is 0.